The van der Waals surface area contributed by atoms with E-state index in [1.165, 1.54) is 0 Å². The summed E-state index contributed by atoms with van der Waals surface area (Å²) in [7, 11) is -2.42. The van der Waals surface area contributed by atoms with Gasteiger partial charge in [0.05, 0.1) is 13.2 Å². The summed E-state index contributed by atoms with van der Waals surface area (Å²) >= 11 is 0. The van der Waals surface area contributed by atoms with Crippen LogP contribution in [0.5, 0.6) is 0 Å². The predicted molar refractivity (Wildman–Crippen MR) is 109 cm³/mol. The molecule has 0 heterocycles. The van der Waals surface area contributed by atoms with Gasteiger partial charge in [-0.3, -0.25) is 4.79 Å². The zero-order valence-electron chi connectivity index (χ0n) is 18.7. The summed E-state index contributed by atoms with van der Waals surface area (Å²) in [6.45, 7) is 17.4. The Balaban J connectivity index is 5.03. The monoisotopic (exact) mass is 419 g/mol. The number of hydrogen-bond donors (Lipinski definition) is 1. The molecule has 164 valence electrons. The van der Waals surface area contributed by atoms with E-state index in [0.29, 0.717) is 0 Å². The molecule has 1 atom stereocenters. The van der Waals surface area contributed by atoms with Crippen LogP contribution in [-0.2, 0) is 23.4 Å². The van der Waals surface area contributed by atoms with E-state index < -0.39 is 39.2 Å². The van der Waals surface area contributed by atoms with Crippen molar-refractivity contribution in [2.24, 2.45) is 11.8 Å². The molecular weight excluding hydrogens is 382 g/mol. The number of alkyl carbamates (subject to hydrolysis) is 1. The van der Waals surface area contributed by atoms with Crippen LogP contribution in [0.3, 0.4) is 0 Å². The Morgan fingerprint density at radius 3 is 1.79 bits per heavy atom. The minimum atomic E-state index is -2.42. The lowest BCUT2D eigenvalue weighted by Gasteiger charge is -2.36. The first-order valence-corrected chi connectivity index (χ1v) is 12.5. The molecule has 0 aromatic carbocycles. The number of ether oxygens (including phenoxy) is 3. The largest absolute Gasteiger partial charge is 0.517 e. The second kappa shape index (κ2) is 11.3. The Morgan fingerprint density at radius 2 is 1.32 bits per heavy atom. The van der Waals surface area contributed by atoms with E-state index in [-0.39, 0.29) is 30.1 Å². The maximum atomic E-state index is 12.7. The summed E-state index contributed by atoms with van der Waals surface area (Å²) < 4.78 is 20.7. The first-order valence-electron chi connectivity index (χ1n) is 9.61. The highest BCUT2D eigenvalue weighted by Crippen LogP contribution is 2.36. The maximum Gasteiger partial charge on any atom is 0.508 e. The van der Waals surface area contributed by atoms with Crippen molar-refractivity contribution in [3.8, 4) is 0 Å². The normalized spacial score (nSPS) is 13.1. The Labute approximate surface area is 169 Å². The zero-order valence-corrected chi connectivity index (χ0v) is 19.7. The Bertz CT molecular complexity index is 527. The number of carbonyl (C=O) groups is 3. The van der Waals surface area contributed by atoms with Crippen molar-refractivity contribution in [2.75, 3.05) is 19.8 Å². The molecule has 0 fully saturated rings. The fourth-order valence-corrected chi connectivity index (χ4v) is 2.45. The van der Waals surface area contributed by atoms with Gasteiger partial charge in [0.25, 0.3) is 8.32 Å². The lowest BCUT2D eigenvalue weighted by atomic mass is 10.2. The SMILES string of the molecule is CC(C)COC(=O)NC(COC(=O)OCC(C)C)C(=O)O[Si](C)(C)C(C)(C)C. The molecule has 0 saturated carbocycles. The smallest absolute Gasteiger partial charge is 0.508 e. The van der Waals surface area contributed by atoms with Crippen molar-refractivity contribution in [3.63, 3.8) is 0 Å². The van der Waals surface area contributed by atoms with Crippen LogP contribution in [0.4, 0.5) is 9.59 Å². The van der Waals surface area contributed by atoms with Crippen LogP contribution in [-0.4, -0.2) is 52.4 Å². The number of nitrogens with one attached hydrogen (secondary N) is 1. The topological polar surface area (TPSA) is 100 Å². The van der Waals surface area contributed by atoms with Gasteiger partial charge in [-0.15, -0.1) is 0 Å². The Morgan fingerprint density at radius 1 is 0.857 bits per heavy atom. The molecule has 28 heavy (non-hydrogen) atoms. The molecule has 0 rings (SSSR count). The second-order valence-corrected chi connectivity index (χ2v) is 13.9. The van der Waals surface area contributed by atoms with Gasteiger partial charge in [-0.2, -0.15) is 0 Å². The quantitative estimate of drug-likeness (QED) is 0.443. The highest BCUT2D eigenvalue weighted by molar-refractivity contribution is 6.75. The number of rotatable bonds is 9. The highest BCUT2D eigenvalue weighted by Gasteiger charge is 2.42. The molecule has 0 saturated heterocycles. The predicted octanol–water partition coefficient (Wildman–Crippen LogP) is 4.09. The molecule has 1 amide bonds. The molecule has 0 radical (unpaired) electrons. The molecule has 0 aliphatic heterocycles. The van der Waals surface area contributed by atoms with Crippen molar-refractivity contribution in [1.29, 1.82) is 0 Å². The molecule has 0 aromatic rings. The molecule has 0 aliphatic carbocycles. The lowest BCUT2D eigenvalue weighted by molar-refractivity contribution is -0.139. The molecule has 0 bridgehead atoms. The third kappa shape index (κ3) is 10.5. The molecular formula is C19H37NO7Si. The van der Waals surface area contributed by atoms with Crippen LogP contribution in [0.15, 0.2) is 0 Å². The summed E-state index contributed by atoms with van der Waals surface area (Å²) in [6.07, 6.45) is -1.68. The molecule has 0 spiro atoms. The maximum absolute atomic E-state index is 12.7. The summed E-state index contributed by atoms with van der Waals surface area (Å²) in [5.41, 5.74) is 0. The number of carbonyl (C=O) groups excluding carboxylic acids is 3. The number of hydrogen-bond acceptors (Lipinski definition) is 7. The summed E-state index contributed by atoms with van der Waals surface area (Å²) in [6, 6.07) is -1.18. The van der Waals surface area contributed by atoms with Gasteiger partial charge in [0, 0.05) is 0 Å². The molecule has 8 nitrogen and oxygen atoms in total. The first-order chi connectivity index (χ1) is 12.7. The highest BCUT2D eigenvalue weighted by atomic mass is 28.4. The van der Waals surface area contributed by atoms with E-state index in [4.69, 9.17) is 18.6 Å². The Hall–Kier alpha value is -1.77. The minimum absolute atomic E-state index is 0.144. The van der Waals surface area contributed by atoms with Crippen LogP contribution in [0.25, 0.3) is 0 Å². The fourth-order valence-electron chi connectivity index (χ4n) is 1.50. The van der Waals surface area contributed by atoms with Crippen molar-refractivity contribution in [1.82, 2.24) is 5.32 Å². The molecule has 0 aromatic heterocycles. The van der Waals surface area contributed by atoms with E-state index in [2.05, 4.69) is 5.32 Å². The minimum Gasteiger partial charge on any atom is -0.517 e. The van der Waals surface area contributed by atoms with E-state index >= 15 is 0 Å². The van der Waals surface area contributed by atoms with E-state index in [1.807, 2.05) is 61.6 Å². The molecule has 0 aliphatic rings. The van der Waals surface area contributed by atoms with Crippen molar-refractivity contribution in [3.05, 3.63) is 0 Å². The standard InChI is InChI=1S/C19H37NO7Si/c1-13(2)10-24-17(22)20-15(12-26-18(23)25-11-14(3)4)16(21)27-28(8,9)19(5,6)7/h13-15H,10-12H2,1-9H3,(H,20,22). The van der Waals surface area contributed by atoms with Gasteiger partial charge in [0.1, 0.15) is 6.61 Å². The van der Waals surface area contributed by atoms with Gasteiger partial charge in [-0.05, 0) is 30.0 Å². The van der Waals surface area contributed by atoms with Gasteiger partial charge in [0.15, 0.2) is 6.04 Å². The van der Waals surface area contributed by atoms with Gasteiger partial charge in [0.2, 0.25) is 0 Å². The molecule has 9 heteroatoms. The summed E-state index contributed by atoms with van der Waals surface area (Å²) in [4.78, 5) is 36.3. The first kappa shape index (κ1) is 26.2. The summed E-state index contributed by atoms with van der Waals surface area (Å²) in [5.74, 6) is -0.369. The van der Waals surface area contributed by atoms with E-state index in [0.717, 1.165) is 0 Å². The number of amides is 1. The van der Waals surface area contributed by atoms with Crippen LogP contribution in [0, 0.1) is 11.8 Å². The van der Waals surface area contributed by atoms with Crippen LogP contribution < -0.4 is 5.32 Å². The third-order valence-corrected chi connectivity index (χ3v) is 8.51. The second-order valence-electron chi connectivity index (χ2n) is 9.14. The van der Waals surface area contributed by atoms with Gasteiger partial charge in [-0.25, -0.2) is 9.59 Å². The zero-order chi connectivity index (χ0) is 22.1. The van der Waals surface area contributed by atoms with Gasteiger partial charge < -0.3 is 24.0 Å². The van der Waals surface area contributed by atoms with Crippen LogP contribution in [0.1, 0.15) is 48.5 Å². The van der Waals surface area contributed by atoms with Crippen molar-refractivity contribution >= 4 is 26.5 Å². The van der Waals surface area contributed by atoms with Gasteiger partial charge in [-0.1, -0.05) is 48.5 Å². The van der Waals surface area contributed by atoms with E-state index in [1.54, 1.807) is 0 Å². The summed E-state index contributed by atoms with van der Waals surface area (Å²) in [5, 5.41) is 2.21. The Kier molecular flexibility index (Phi) is 10.6. The van der Waals surface area contributed by atoms with Gasteiger partial charge >= 0.3 is 18.2 Å². The average Bonchev–Trinajstić information content (AvgIpc) is 2.53. The van der Waals surface area contributed by atoms with E-state index in [9.17, 15) is 14.4 Å². The average molecular weight is 420 g/mol. The third-order valence-electron chi connectivity index (χ3n) is 4.19. The fraction of sp³-hybridized carbons (Fsp3) is 0.842. The molecule has 1 N–H and O–H groups in total. The molecule has 1 unspecified atom stereocenters. The van der Waals surface area contributed by atoms with Crippen molar-refractivity contribution < 1.29 is 33.0 Å². The van der Waals surface area contributed by atoms with Crippen LogP contribution >= 0.6 is 0 Å². The van der Waals surface area contributed by atoms with Crippen molar-refractivity contribution in [2.45, 2.75) is 72.6 Å². The van der Waals surface area contributed by atoms with Crippen LogP contribution in [0.2, 0.25) is 18.1 Å². The lowest BCUT2D eigenvalue weighted by Crippen LogP contribution is -2.51.